The van der Waals surface area contributed by atoms with Crippen LogP contribution in [0.5, 0.6) is 0 Å². The Balaban J connectivity index is 2.19. The van der Waals surface area contributed by atoms with Gasteiger partial charge in [-0.3, -0.25) is 0 Å². The average molecular weight is 300 g/mol. The summed E-state index contributed by atoms with van der Waals surface area (Å²) in [5.41, 5.74) is -2.99. The van der Waals surface area contributed by atoms with E-state index < -0.39 is 41.0 Å². The number of hydrogen-bond acceptors (Lipinski definition) is 6. The molecule has 2 aliphatic carbocycles. The minimum atomic E-state index is -1.67. The molecule has 5 N–H and O–H groups in total. The molecule has 0 radical (unpaired) electrons. The summed E-state index contributed by atoms with van der Waals surface area (Å²) in [5, 5.41) is 51.5. The highest BCUT2D eigenvalue weighted by atomic mass is 16.6. The van der Waals surface area contributed by atoms with Crippen molar-refractivity contribution in [2.45, 2.75) is 56.7 Å². The van der Waals surface area contributed by atoms with Crippen LogP contribution in [0.2, 0.25) is 0 Å². The predicted octanol–water partition coefficient (Wildman–Crippen LogP) is -0.713. The van der Waals surface area contributed by atoms with Crippen LogP contribution in [0.1, 0.15) is 33.1 Å². The molecule has 1 heterocycles. The van der Waals surface area contributed by atoms with Crippen LogP contribution in [0.3, 0.4) is 0 Å². The first-order valence-electron chi connectivity index (χ1n) is 7.41. The topological polar surface area (TPSA) is 110 Å². The van der Waals surface area contributed by atoms with Crippen molar-refractivity contribution in [3.8, 4) is 0 Å². The van der Waals surface area contributed by atoms with E-state index in [2.05, 4.69) is 0 Å². The van der Waals surface area contributed by atoms with Crippen LogP contribution >= 0.6 is 0 Å². The molecule has 2 fully saturated rings. The van der Waals surface area contributed by atoms with Crippen molar-refractivity contribution >= 4 is 0 Å². The SMILES string of the molecule is C[C@]12CCC(CO)=C[C@]1(O)O[C@@H]1C[C@@H](O)[C@@]2(C)[C@]1(O)CO. The predicted molar refractivity (Wildman–Crippen MR) is 73.1 cm³/mol. The molecular formula is C15H24O6. The highest BCUT2D eigenvalue weighted by Crippen LogP contribution is 2.68. The maximum atomic E-state index is 11.0. The first-order valence-corrected chi connectivity index (χ1v) is 7.41. The molecule has 120 valence electrons. The zero-order valence-electron chi connectivity index (χ0n) is 12.4. The number of hydrogen-bond donors (Lipinski definition) is 5. The Morgan fingerprint density at radius 3 is 2.52 bits per heavy atom. The Labute approximate surface area is 123 Å². The molecule has 6 heteroatoms. The Kier molecular flexibility index (Phi) is 3.14. The standard InChI is InChI=1S/C15H24O6/c1-12-4-3-9(7-16)6-15(12,20)21-11-5-10(18)13(12,2)14(11,19)8-17/h6,10-11,16-20H,3-5,7-8H2,1-2H3/t10-,11-,12-,13-,14+,15+/m1/s1. The molecule has 1 saturated carbocycles. The molecule has 2 bridgehead atoms. The minimum Gasteiger partial charge on any atom is -0.393 e. The van der Waals surface area contributed by atoms with Crippen molar-refractivity contribution in [1.29, 1.82) is 0 Å². The van der Waals surface area contributed by atoms with Gasteiger partial charge in [-0.05, 0) is 24.5 Å². The van der Waals surface area contributed by atoms with E-state index in [9.17, 15) is 25.5 Å². The fraction of sp³-hybridized carbons (Fsp3) is 0.867. The van der Waals surface area contributed by atoms with Crippen LogP contribution in [-0.2, 0) is 4.74 Å². The lowest BCUT2D eigenvalue weighted by atomic mass is 9.49. The molecule has 1 saturated heterocycles. The quantitative estimate of drug-likeness (QED) is 0.431. The van der Waals surface area contributed by atoms with E-state index >= 15 is 0 Å². The molecule has 3 rings (SSSR count). The lowest BCUT2D eigenvalue weighted by Crippen LogP contribution is -2.74. The summed E-state index contributed by atoms with van der Waals surface area (Å²) in [6.07, 6.45) is 0.925. The van der Waals surface area contributed by atoms with Crippen molar-refractivity contribution in [3.63, 3.8) is 0 Å². The summed E-state index contributed by atoms with van der Waals surface area (Å²) in [6, 6.07) is 0. The van der Waals surface area contributed by atoms with Crippen molar-refractivity contribution in [1.82, 2.24) is 0 Å². The number of aliphatic hydroxyl groups is 5. The molecule has 0 amide bonds. The normalized spacial score (nSPS) is 56.0. The highest BCUT2D eigenvalue weighted by molar-refractivity contribution is 5.31. The van der Waals surface area contributed by atoms with E-state index in [-0.39, 0.29) is 13.0 Å². The van der Waals surface area contributed by atoms with Gasteiger partial charge in [0.2, 0.25) is 0 Å². The van der Waals surface area contributed by atoms with Crippen molar-refractivity contribution in [2.24, 2.45) is 10.8 Å². The largest absolute Gasteiger partial charge is 0.393 e. The summed E-state index contributed by atoms with van der Waals surface area (Å²) < 4.78 is 5.74. The second-order valence-electron chi connectivity index (χ2n) is 7.13. The smallest absolute Gasteiger partial charge is 0.192 e. The summed E-state index contributed by atoms with van der Waals surface area (Å²) in [6.45, 7) is 2.78. The Morgan fingerprint density at radius 1 is 1.29 bits per heavy atom. The van der Waals surface area contributed by atoms with Crippen molar-refractivity contribution in [2.75, 3.05) is 13.2 Å². The van der Waals surface area contributed by atoms with Crippen LogP contribution in [0.15, 0.2) is 11.6 Å². The average Bonchev–Trinajstić information content (AvgIpc) is 2.59. The van der Waals surface area contributed by atoms with Crippen LogP contribution in [0.25, 0.3) is 0 Å². The second-order valence-corrected chi connectivity index (χ2v) is 7.13. The molecule has 1 aliphatic heterocycles. The van der Waals surface area contributed by atoms with Gasteiger partial charge in [0.05, 0.1) is 25.4 Å². The maximum absolute atomic E-state index is 11.0. The summed E-state index contributed by atoms with van der Waals surface area (Å²) >= 11 is 0. The third-order valence-corrected chi connectivity index (χ3v) is 6.58. The third kappa shape index (κ3) is 1.48. The first-order chi connectivity index (χ1) is 9.68. The van der Waals surface area contributed by atoms with E-state index in [1.54, 1.807) is 13.8 Å². The Morgan fingerprint density at radius 2 is 1.95 bits per heavy atom. The van der Waals surface area contributed by atoms with Gasteiger partial charge < -0.3 is 30.3 Å². The number of ether oxygens (including phenoxy) is 1. The summed E-state index contributed by atoms with van der Waals surface area (Å²) in [7, 11) is 0. The van der Waals surface area contributed by atoms with E-state index in [0.717, 1.165) is 0 Å². The zero-order valence-corrected chi connectivity index (χ0v) is 12.4. The molecule has 0 aromatic heterocycles. The monoisotopic (exact) mass is 300 g/mol. The third-order valence-electron chi connectivity index (χ3n) is 6.58. The molecular weight excluding hydrogens is 276 g/mol. The maximum Gasteiger partial charge on any atom is 0.192 e. The molecule has 6 atom stereocenters. The molecule has 6 nitrogen and oxygen atoms in total. The van der Waals surface area contributed by atoms with Gasteiger partial charge in [0.15, 0.2) is 5.79 Å². The number of rotatable bonds is 2. The lowest BCUT2D eigenvalue weighted by Gasteiger charge is -2.63. The van der Waals surface area contributed by atoms with Gasteiger partial charge in [-0.1, -0.05) is 13.8 Å². The van der Waals surface area contributed by atoms with E-state index in [1.165, 1.54) is 6.08 Å². The van der Waals surface area contributed by atoms with Gasteiger partial charge in [0, 0.05) is 17.3 Å². The van der Waals surface area contributed by atoms with Crippen molar-refractivity contribution < 1.29 is 30.3 Å². The molecule has 0 spiro atoms. The van der Waals surface area contributed by atoms with Crippen LogP contribution in [0.4, 0.5) is 0 Å². The Bertz CT molecular complexity index is 493. The van der Waals surface area contributed by atoms with Gasteiger partial charge >= 0.3 is 0 Å². The first kappa shape index (κ1) is 15.4. The molecule has 0 aromatic rings. The van der Waals surface area contributed by atoms with E-state index in [0.29, 0.717) is 18.4 Å². The molecule has 3 aliphatic rings. The van der Waals surface area contributed by atoms with E-state index in [1.807, 2.05) is 0 Å². The van der Waals surface area contributed by atoms with Crippen LogP contribution < -0.4 is 0 Å². The fourth-order valence-corrected chi connectivity index (χ4v) is 4.75. The van der Waals surface area contributed by atoms with Gasteiger partial charge in [0.25, 0.3) is 0 Å². The summed E-state index contributed by atoms with van der Waals surface area (Å²) in [5.74, 6) is -1.67. The Hall–Kier alpha value is -0.500. The van der Waals surface area contributed by atoms with Crippen LogP contribution in [0, 0.1) is 10.8 Å². The zero-order chi connectivity index (χ0) is 15.7. The number of aliphatic hydroxyl groups excluding tert-OH is 3. The van der Waals surface area contributed by atoms with Gasteiger partial charge in [-0.2, -0.15) is 0 Å². The van der Waals surface area contributed by atoms with Gasteiger partial charge in [-0.25, -0.2) is 0 Å². The van der Waals surface area contributed by atoms with E-state index in [4.69, 9.17) is 4.74 Å². The van der Waals surface area contributed by atoms with Gasteiger partial charge in [-0.15, -0.1) is 0 Å². The molecule has 0 unspecified atom stereocenters. The lowest BCUT2D eigenvalue weighted by molar-refractivity contribution is -0.378. The second kappa shape index (κ2) is 4.28. The van der Waals surface area contributed by atoms with Crippen molar-refractivity contribution in [3.05, 3.63) is 11.6 Å². The number of fused-ring (bicyclic) bond motifs is 4. The van der Waals surface area contributed by atoms with Crippen LogP contribution in [-0.4, -0.2) is 62.3 Å². The molecule has 21 heavy (non-hydrogen) atoms. The molecule has 0 aromatic carbocycles. The van der Waals surface area contributed by atoms with Gasteiger partial charge in [0.1, 0.15) is 5.60 Å². The highest BCUT2D eigenvalue weighted by Gasteiger charge is 2.78. The summed E-state index contributed by atoms with van der Waals surface area (Å²) in [4.78, 5) is 0. The minimum absolute atomic E-state index is 0.157. The fourth-order valence-electron chi connectivity index (χ4n) is 4.75.